The Bertz CT molecular complexity index is 1300. The third kappa shape index (κ3) is 7.06. The molecule has 2 fully saturated rings. The number of halogens is 4. The van der Waals surface area contributed by atoms with Crippen LogP contribution < -0.4 is 10.2 Å². The minimum atomic E-state index is -0.806. The lowest BCUT2D eigenvalue weighted by molar-refractivity contribution is 0.0950. The molecule has 10 heteroatoms. The summed E-state index contributed by atoms with van der Waals surface area (Å²) in [6, 6.07) is 13.6. The predicted octanol–water partition coefficient (Wildman–Crippen LogP) is 5.63. The van der Waals surface area contributed by atoms with Crippen molar-refractivity contribution in [2.45, 2.75) is 32.0 Å². The summed E-state index contributed by atoms with van der Waals surface area (Å²) in [4.78, 5) is 24.1. The Morgan fingerprint density at radius 1 is 0.923 bits per heavy atom. The van der Waals surface area contributed by atoms with Crippen molar-refractivity contribution < 1.29 is 15.0 Å². The molecular weight excluding hydrogens is 543 g/mol. The van der Waals surface area contributed by atoms with Crippen molar-refractivity contribution >= 4 is 34.9 Å². The zero-order valence-corrected chi connectivity index (χ0v) is 23.1. The van der Waals surface area contributed by atoms with Gasteiger partial charge in [-0.25, -0.2) is 13.8 Å². The molecule has 0 atom stereocenters. The topological polar surface area (TPSA) is 51.7 Å². The SMILES string of the molecule is O=C(NCc1ccc(Cl)cc1)c1cnc(N2CCN(C3CCN(Cc4ccc(F)c(F)c4)CC3)CC2)c(Cl)c1.[HH]. The van der Waals surface area contributed by atoms with Crippen LogP contribution in [0.2, 0.25) is 10.0 Å². The molecule has 0 radical (unpaired) electrons. The third-order valence-corrected chi connectivity index (χ3v) is 8.06. The number of likely N-dealkylation sites (tertiary alicyclic amines) is 1. The molecule has 1 aromatic heterocycles. The maximum absolute atomic E-state index is 13.5. The first-order valence-electron chi connectivity index (χ1n) is 13.2. The van der Waals surface area contributed by atoms with E-state index in [0.717, 1.165) is 63.2 Å². The van der Waals surface area contributed by atoms with E-state index in [2.05, 4.69) is 25.0 Å². The van der Waals surface area contributed by atoms with Crippen LogP contribution in [0.5, 0.6) is 0 Å². The molecule has 2 saturated heterocycles. The Labute approximate surface area is 239 Å². The second kappa shape index (κ2) is 12.6. The van der Waals surface area contributed by atoms with E-state index in [1.54, 1.807) is 30.5 Å². The first kappa shape index (κ1) is 27.8. The molecule has 2 aliphatic rings. The second-order valence-corrected chi connectivity index (χ2v) is 11.0. The average Bonchev–Trinajstić information content (AvgIpc) is 2.95. The molecule has 0 spiro atoms. The molecule has 3 aromatic rings. The number of anilines is 1. The quantitative estimate of drug-likeness (QED) is 0.395. The van der Waals surface area contributed by atoms with Crippen molar-refractivity contribution in [3.63, 3.8) is 0 Å². The predicted molar refractivity (Wildman–Crippen MR) is 152 cm³/mol. The molecular formula is C29H33Cl2F2N5O. The minimum absolute atomic E-state index is 0. The number of carbonyl (C=O) groups is 1. The Morgan fingerprint density at radius 2 is 1.62 bits per heavy atom. The zero-order chi connectivity index (χ0) is 27.4. The number of benzene rings is 2. The van der Waals surface area contributed by atoms with Crippen molar-refractivity contribution in [3.8, 4) is 0 Å². The Hall–Kier alpha value is -2.78. The zero-order valence-electron chi connectivity index (χ0n) is 21.6. The fourth-order valence-corrected chi connectivity index (χ4v) is 5.72. The van der Waals surface area contributed by atoms with Gasteiger partial charge in [-0.2, -0.15) is 0 Å². The van der Waals surface area contributed by atoms with E-state index in [1.807, 2.05) is 12.1 Å². The number of hydrogen-bond acceptors (Lipinski definition) is 5. The summed E-state index contributed by atoms with van der Waals surface area (Å²) in [5, 5.41) is 4.01. The third-order valence-electron chi connectivity index (χ3n) is 7.53. The summed E-state index contributed by atoms with van der Waals surface area (Å²) >= 11 is 12.5. The lowest BCUT2D eigenvalue weighted by Gasteiger charge is -2.43. The van der Waals surface area contributed by atoms with Crippen LogP contribution in [0.25, 0.3) is 0 Å². The normalized spacial score (nSPS) is 17.4. The van der Waals surface area contributed by atoms with Crippen LogP contribution >= 0.6 is 23.2 Å². The van der Waals surface area contributed by atoms with Gasteiger partial charge in [0.15, 0.2) is 11.6 Å². The van der Waals surface area contributed by atoms with Crippen LogP contribution in [0.1, 0.15) is 35.8 Å². The second-order valence-electron chi connectivity index (χ2n) is 10.1. The molecule has 1 amide bonds. The van der Waals surface area contributed by atoms with Gasteiger partial charge < -0.3 is 10.2 Å². The number of piperazine rings is 1. The lowest BCUT2D eigenvalue weighted by Crippen LogP contribution is -2.53. The van der Waals surface area contributed by atoms with Crippen molar-refractivity contribution in [1.82, 2.24) is 20.1 Å². The van der Waals surface area contributed by atoms with E-state index < -0.39 is 11.6 Å². The number of carbonyl (C=O) groups excluding carboxylic acids is 1. The highest BCUT2D eigenvalue weighted by molar-refractivity contribution is 6.33. The summed E-state index contributed by atoms with van der Waals surface area (Å²) in [5.74, 6) is -1.12. The highest BCUT2D eigenvalue weighted by atomic mass is 35.5. The molecule has 0 aliphatic carbocycles. The van der Waals surface area contributed by atoms with Gasteiger partial charge in [0.05, 0.1) is 10.6 Å². The molecule has 0 unspecified atom stereocenters. The van der Waals surface area contributed by atoms with E-state index >= 15 is 0 Å². The first-order valence-corrected chi connectivity index (χ1v) is 13.9. The van der Waals surface area contributed by atoms with Crippen LogP contribution in [-0.2, 0) is 13.1 Å². The fourth-order valence-electron chi connectivity index (χ4n) is 5.31. The number of aromatic nitrogens is 1. The van der Waals surface area contributed by atoms with E-state index in [-0.39, 0.29) is 7.33 Å². The molecule has 39 heavy (non-hydrogen) atoms. The number of nitrogens with one attached hydrogen (secondary N) is 1. The van der Waals surface area contributed by atoms with Gasteiger partial charge in [-0.3, -0.25) is 14.6 Å². The van der Waals surface area contributed by atoms with E-state index in [0.29, 0.717) is 40.6 Å². The fraction of sp³-hybridized carbons (Fsp3) is 0.379. The summed E-state index contributed by atoms with van der Waals surface area (Å²) in [6.45, 7) is 6.33. The molecule has 5 rings (SSSR count). The monoisotopic (exact) mass is 575 g/mol. The van der Waals surface area contributed by atoms with Crippen molar-refractivity contribution in [2.24, 2.45) is 0 Å². The van der Waals surface area contributed by atoms with E-state index in [9.17, 15) is 13.6 Å². The van der Waals surface area contributed by atoms with Crippen LogP contribution in [-0.4, -0.2) is 66.0 Å². The molecule has 3 heterocycles. The van der Waals surface area contributed by atoms with Crippen LogP contribution in [0.4, 0.5) is 14.6 Å². The van der Waals surface area contributed by atoms with Gasteiger partial charge in [-0.05, 0) is 67.4 Å². The van der Waals surface area contributed by atoms with Gasteiger partial charge in [-0.15, -0.1) is 0 Å². The Kier molecular flexibility index (Phi) is 8.97. The number of amides is 1. The molecule has 208 valence electrons. The minimum Gasteiger partial charge on any atom is -0.353 e. The van der Waals surface area contributed by atoms with E-state index in [4.69, 9.17) is 23.2 Å². The largest absolute Gasteiger partial charge is 0.353 e. The Morgan fingerprint density at radius 3 is 2.28 bits per heavy atom. The number of rotatable bonds is 7. The summed E-state index contributed by atoms with van der Waals surface area (Å²) in [6.07, 6.45) is 3.67. The van der Waals surface area contributed by atoms with Crippen LogP contribution in [0.3, 0.4) is 0 Å². The molecule has 0 saturated carbocycles. The Balaban J connectivity index is 0.00000370. The molecule has 2 aliphatic heterocycles. The summed E-state index contributed by atoms with van der Waals surface area (Å²) in [7, 11) is 0. The standard InChI is InChI=1S/C29H31Cl2F2N5O.H2/c30-23-4-1-20(2-5-23)17-35-29(39)22-16-25(31)28(34-18-22)38-13-11-37(12-14-38)24-7-9-36(10-8-24)19-21-3-6-26(32)27(33)15-21;/h1-6,15-16,18,24H,7-14,17,19H2,(H,35,39);1H. The smallest absolute Gasteiger partial charge is 0.253 e. The van der Waals surface area contributed by atoms with Crippen molar-refractivity contribution in [2.75, 3.05) is 44.2 Å². The summed E-state index contributed by atoms with van der Waals surface area (Å²) in [5.41, 5.74) is 2.18. The summed E-state index contributed by atoms with van der Waals surface area (Å²) < 4.78 is 26.7. The van der Waals surface area contributed by atoms with Gasteiger partial charge in [0.1, 0.15) is 5.82 Å². The van der Waals surface area contributed by atoms with Gasteiger partial charge in [-0.1, -0.05) is 41.4 Å². The molecule has 1 N–H and O–H groups in total. The van der Waals surface area contributed by atoms with Crippen LogP contribution in [0, 0.1) is 11.6 Å². The van der Waals surface area contributed by atoms with Gasteiger partial charge >= 0.3 is 0 Å². The molecule has 2 aromatic carbocycles. The van der Waals surface area contributed by atoms with E-state index in [1.165, 1.54) is 12.1 Å². The number of piperidine rings is 1. The number of hydrogen-bond donors (Lipinski definition) is 1. The first-order chi connectivity index (χ1) is 18.9. The van der Waals surface area contributed by atoms with Gasteiger partial charge in [0.25, 0.3) is 5.91 Å². The average molecular weight is 577 g/mol. The highest BCUT2D eigenvalue weighted by Gasteiger charge is 2.28. The van der Waals surface area contributed by atoms with Crippen molar-refractivity contribution in [1.29, 1.82) is 0 Å². The number of pyridine rings is 1. The maximum atomic E-state index is 13.5. The highest BCUT2D eigenvalue weighted by Crippen LogP contribution is 2.27. The number of nitrogens with zero attached hydrogens (tertiary/aromatic N) is 4. The maximum Gasteiger partial charge on any atom is 0.253 e. The molecule has 6 nitrogen and oxygen atoms in total. The lowest BCUT2D eigenvalue weighted by atomic mass is 10.0. The van der Waals surface area contributed by atoms with Crippen molar-refractivity contribution in [3.05, 3.63) is 93.1 Å². The van der Waals surface area contributed by atoms with Crippen LogP contribution in [0.15, 0.2) is 54.7 Å². The van der Waals surface area contributed by atoms with Gasteiger partial charge in [0, 0.05) is 58.0 Å². The molecule has 0 bridgehead atoms. The van der Waals surface area contributed by atoms with Gasteiger partial charge in [0.2, 0.25) is 0 Å².